The lowest BCUT2D eigenvalue weighted by Crippen LogP contribution is -2.22. The van der Waals surface area contributed by atoms with Crippen molar-refractivity contribution in [3.05, 3.63) is 48.2 Å². The van der Waals surface area contributed by atoms with Crippen molar-refractivity contribution in [2.24, 2.45) is 0 Å². The number of sulfonamides is 1. The standard InChI is InChI=1S/C16H17N3O5S2/c1-19(2)26(23,24)13-6-3-11(4-7-13)16(22)18-12-5-8-14(17-9-12)25-10-15(20)21/h3-9H,10H2,1-2H3,(H,18,22)(H,20,21). The molecule has 0 saturated carbocycles. The second-order valence-electron chi connectivity index (χ2n) is 5.33. The van der Waals surface area contributed by atoms with Crippen LogP contribution in [0.3, 0.4) is 0 Å². The number of aromatic nitrogens is 1. The number of benzene rings is 1. The summed E-state index contributed by atoms with van der Waals surface area (Å²) in [5, 5.41) is 11.8. The molecule has 8 nitrogen and oxygen atoms in total. The Morgan fingerprint density at radius 1 is 1.15 bits per heavy atom. The number of hydrogen-bond acceptors (Lipinski definition) is 6. The molecule has 0 spiro atoms. The van der Waals surface area contributed by atoms with Gasteiger partial charge in [-0.2, -0.15) is 0 Å². The number of aliphatic carboxylic acids is 1. The highest BCUT2D eigenvalue weighted by atomic mass is 32.2. The van der Waals surface area contributed by atoms with Crippen molar-refractivity contribution < 1.29 is 23.1 Å². The lowest BCUT2D eigenvalue weighted by atomic mass is 10.2. The molecule has 1 aromatic carbocycles. The number of anilines is 1. The summed E-state index contributed by atoms with van der Waals surface area (Å²) in [7, 11) is -0.683. The summed E-state index contributed by atoms with van der Waals surface area (Å²) in [6.45, 7) is 0. The van der Waals surface area contributed by atoms with E-state index in [2.05, 4.69) is 10.3 Å². The Morgan fingerprint density at radius 3 is 2.31 bits per heavy atom. The predicted octanol–water partition coefficient (Wildman–Crippen LogP) is 1.76. The fourth-order valence-electron chi connectivity index (χ4n) is 1.87. The minimum absolute atomic E-state index is 0.0963. The van der Waals surface area contributed by atoms with Gasteiger partial charge in [0.25, 0.3) is 5.91 Å². The van der Waals surface area contributed by atoms with Crippen molar-refractivity contribution in [1.29, 1.82) is 0 Å². The molecule has 1 aromatic heterocycles. The fraction of sp³-hybridized carbons (Fsp3) is 0.188. The highest BCUT2D eigenvalue weighted by molar-refractivity contribution is 7.99. The van der Waals surface area contributed by atoms with Crippen LogP contribution in [0.2, 0.25) is 0 Å². The summed E-state index contributed by atoms with van der Waals surface area (Å²) < 4.78 is 25.1. The highest BCUT2D eigenvalue weighted by Crippen LogP contribution is 2.18. The SMILES string of the molecule is CN(C)S(=O)(=O)c1ccc(C(=O)Nc2ccc(SCC(=O)O)nc2)cc1. The number of pyridine rings is 1. The molecule has 138 valence electrons. The van der Waals surface area contributed by atoms with Gasteiger partial charge in [0.15, 0.2) is 0 Å². The van der Waals surface area contributed by atoms with E-state index in [1.54, 1.807) is 12.1 Å². The zero-order valence-corrected chi connectivity index (χ0v) is 15.7. The highest BCUT2D eigenvalue weighted by Gasteiger charge is 2.17. The van der Waals surface area contributed by atoms with Gasteiger partial charge in [-0.3, -0.25) is 9.59 Å². The van der Waals surface area contributed by atoms with E-state index in [1.165, 1.54) is 44.6 Å². The van der Waals surface area contributed by atoms with Crippen molar-refractivity contribution in [3.63, 3.8) is 0 Å². The third-order valence-corrected chi connectivity index (χ3v) is 5.99. The van der Waals surface area contributed by atoms with Crippen LogP contribution in [0.15, 0.2) is 52.5 Å². The van der Waals surface area contributed by atoms with Crippen LogP contribution >= 0.6 is 11.8 Å². The zero-order chi connectivity index (χ0) is 19.3. The van der Waals surface area contributed by atoms with Gasteiger partial charge in [-0.05, 0) is 36.4 Å². The lowest BCUT2D eigenvalue weighted by Gasteiger charge is -2.11. The summed E-state index contributed by atoms with van der Waals surface area (Å²) in [4.78, 5) is 26.9. The number of carbonyl (C=O) groups is 2. The molecule has 1 amide bonds. The zero-order valence-electron chi connectivity index (χ0n) is 14.0. The average molecular weight is 395 g/mol. The van der Waals surface area contributed by atoms with Gasteiger partial charge in [0, 0.05) is 19.7 Å². The maximum Gasteiger partial charge on any atom is 0.313 e. The average Bonchev–Trinajstić information content (AvgIpc) is 2.61. The first-order chi connectivity index (χ1) is 12.2. The maximum atomic E-state index is 12.2. The summed E-state index contributed by atoms with van der Waals surface area (Å²) in [5.41, 5.74) is 0.742. The van der Waals surface area contributed by atoms with Crippen molar-refractivity contribution >= 4 is 39.3 Å². The number of rotatable bonds is 7. The third kappa shape index (κ3) is 5.04. The second kappa shape index (κ2) is 8.30. The molecule has 0 radical (unpaired) electrons. The van der Waals surface area contributed by atoms with Crippen molar-refractivity contribution in [2.75, 3.05) is 25.2 Å². The van der Waals surface area contributed by atoms with Crippen LogP contribution in [0.5, 0.6) is 0 Å². The molecule has 0 fully saturated rings. The number of amides is 1. The Labute approximate surface area is 155 Å². The second-order valence-corrected chi connectivity index (χ2v) is 8.48. The molecule has 2 N–H and O–H groups in total. The molecule has 0 aliphatic rings. The van der Waals surface area contributed by atoms with Crippen molar-refractivity contribution in [2.45, 2.75) is 9.92 Å². The largest absolute Gasteiger partial charge is 0.481 e. The van der Waals surface area contributed by atoms with Gasteiger partial charge >= 0.3 is 5.97 Å². The first-order valence-electron chi connectivity index (χ1n) is 7.35. The normalized spacial score (nSPS) is 11.3. The van der Waals surface area contributed by atoms with Crippen LogP contribution in [-0.2, 0) is 14.8 Å². The van der Waals surface area contributed by atoms with Crippen LogP contribution in [0.25, 0.3) is 0 Å². The predicted molar refractivity (Wildman–Crippen MR) is 97.9 cm³/mol. The Morgan fingerprint density at radius 2 is 1.81 bits per heavy atom. The van der Waals surface area contributed by atoms with Crippen molar-refractivity contribution in [3.8, 4) is 0 Å². The summed E-state index contributed by atoms with van der Waals surface area (Å²) in [6, 6.07) is 8.81. The monoisotopic (exact) mass is 395 g/mol. The molecule has 1 heterocycles. The number of hydrogen-bond donors (Lipinski definition) is 2. The number of carboxylic acid groups (broad SMARTS) is 1. The summed E-state index contributed by atoms with van der Waals surface area (Å²) >= 11 is 1.07. The Bertz CT molecular complexity index is 894. The molecule has 0 aliphatic heterocycles. The van der Waals surface area contributed by atoms with Gasteiger partial charge in [0.2, 0.25) is 10.0 Å². The molecule has 2 aromatic rings. The number of thioether (sulfide) groups is 1. The molecule has 2 rings (SSSR count). The number of carboxylic acids is 1. The van der Waals surface area contributed by atoms with Gasteiger partial charge in [0.1, 0.15) is 0 Å². The van der Waals surface area contributed by atoms with E-state index in [1.807, 2.05) is 0 Å². The molecular weight excluding hydrogens is 378 g/mol. The van der Waals surface area contributed by atoms with Crippen LogP contribution in [-0.4, -0.2) is 54.5 Å². The minimum Gasteiger partial charge on any atom is -0.481 e. The number of carbonyl (C=O) groups excluding carboxylic acids is 1. The number of nitrogens with one attached hydrogen (secondary N) is 1. The first-order valence-corrected chi connectivity index (χ1v) is 9.77. The quantitative estimate of drug-likeness (QED) is 0.686. The van der Waals surface area contributed by atoms with Crippen LogP contribution in [0.1, 0.15) is 10.4 Å². The van der Waals surface area contributed by atoms with Gasteiger partial charge < -0.3 is 10.4 Å². The maximum absolute atomic E-state index is 12.2. The van der Waals surface area contributed by atoms with E-state index in [4.69, 9.17) is 5.11 Å². The van der Waals surface area contributed by atoms with Crippen LogP contribution in [0.4, 0.5) is 5.69 Å². The molecule has 10 heteroatoms. The smallest absolute Gasteiger partial charge is 0.313 e. The van der Waals surface area contributed by atoms with Gasteiger partial charge in [-0.1, -0.05) is 11.8 Å². The molecule has 0 atom stereocenters. The topological polar surface area (TPSA) is 117 Å². The molecule has 0 saturated heterocycles. The van der Waals surface area contributed by atoms with Gasteiger partial charge in [-0.15, -0.1) is 0 Å². The third-order valence-electron chi connectivity index (χ3n) is 3.23. The fourth-order valence-corrected chi connectivity index (χ4v) is 3.33. The number of nitrogens with zero attached hydrogens (tertiary/aromatic N) is 2. The van der Waals surface area contributed by atoms with E-state index in [0.717, 1.165) is 16.1 Å². The summed E-state index contributed by atoms with van der Waals surface area (Å²) in [6.07, 6.45) is 1.42. The van der Waals surface area contributed by atoms with Gasteiger partial charge in [0.05, 0.1) is 27.6 Å². The van der Waals surface area contributed by atoms with E-state index < -0.39 is 21.9 Å². The molecule has 26 heavy (non-hydrogen) atoms. The van der Waals surface area contributed by atoms with E-state index in [9.17, 15) is 18.0 Å². The Kier molecular flexibility index (Phi) is 6.35. The van der Waals surface area contributed by atoms with Crippen LogP contribution in [0, 0.1) is 0 Å². The van der Waals surface area contributed by atoms with Crippen molar-refractivity contribution in [1.82, 2.24) is 9.29 Å². The van der Waals surface area contributed by atoms with Gasteiger partial charge in [-0.25, -0.2) is 17.7 Å². The molecular formula is C16H17N3O5S2. The first kappa shape index (κ1) is 19.9. The minimum atomic E-state index is -3.55. The molecule has 0 bridgehead atoms. The Hall–Kier alpha value is -2.43. The lowest BCUT2D eigenvalue weighted by molar-refractivity contribution is -0.133. The van der Waals surface area contributed by atoms with E-state index in [-0.39, 0.29) is 10.6 Å². The molecule has 0 unspecified atom stereocenters. The Balaban J connectivity index is 2.05. The van der Waals surface area contributed by atoms with E-state index in [0.29, 0.717) is 16.3 Å². The summed E-state index contributed by atoms with van der Waals surface area (Å²) in [5.74, 6) is -1.44. The molecule has 0 aliphatic carbocycles. The van der Waals surface area contributed by atoms with E-state index >= 15 is 0 Å². The van der Waals surface area contributed by atoms with Crippen LogP contribution < -0.4 is 5.32 Å².